The minimum absolute atomic E-state index is 0.464. The smallest absolute Gasteiger partial charge is 0.405 e. The van der Waals surface area contributed by atoms with Gasteiger partial charge < -0.3 is 19.9 Å². The molecule has 1 saturated carbocycles. The van der Waals surface area contributed by atoms with Crippen LogP contribution in [0.4, 0.5) is 4.79 Å². The van der Waals surface area contributed by atoms with Crippen molar-refractivity contribution in [3.8, 4) is 34.1 Å². The molecule has 0 saturated heterocycles. The normalized spacial score (nSPS) is 14.3. The van der Waals surface area contributed by atoms with Gasteiger partial charge in [-0.2, -0.15) is 0 Å². The molecule has 8 heteroatoms. The van der Waals surface area contributed by atoms with Crippen LogP contribution in [0, 0.1) is 0 Å². The molecule has 1 amide bonds. The number of nitrogens with one attached hydrogen (secondary N) is 1. The van der Waals surface area contributed by atoms with Crippen LogP contribution in [0.1, 0.15) is 38.7 Å². The number of amides is 1. The molecule has 0 unspecified atom stereocenters. The summed E-state index contributed by atoms with van der Waals surface area (Å²) in [5.74, 6) is 1.07. The highest BCUT2D eigenvalue weighted by Crippen LogP contribution is 2.42. The Balaban J connectivity index is 1.67. The van der Waals surface area contributed by atoms with E-state index in [0.29, 0.717) is 30.5 Å². The van der Waals surface area contributed by atoms with Gasteiger partial charge in [-0.05, 0) is 38.7 Å². The predicted molar refractivity (Wildman–Crippen MR) is 133 cm³/mol. The summed E-state index contributed by atoms with van der Waals surface area (Å²) in [6.07, 6.45) is 1.59. The molecule has 2 aromatic carbocycles. The SMILES string of the molecule is CCOc1cc(OCC)c2nc(-c3ccc(C4(NC(=O)O)CCC4)cc3)c(-c3ccccc3)n2n1. The molecule has 0 atom stereocenters. The molecule has 4 aromatic rings. The molecule has 1 aliphatic carbocycles. The zero-order valence-electron chi connectivity index (χ0n) is 19.8. The van der Waals surface area contributed by atoms with Crippen molar-refractivity contribution in [1.29, 1.82) is 0 Å². The number of fused-ring (bicyclic) bond motifs is 1. The fourth-order valence-corrected chi connectivity index (χ4v) is 4.68. The molecule has 5 rings (SSSR count). The van der Waals surface area contributed by atoms with Crippen molar-refractivity contribution in [2.24, 2.45) is 0 Å². The van der Waals surface area contributed by atoms with E-state index in [1.165, 1.54) is 0 Å². The average Bonchev–Trinajstić information content (AvgIpc) is 3.22. The Morgan fingerprint density at radius 2 is 1.74 bits per heavy atom. The number of imidazole rings is 1. The maximum Gasteiger partial charge on any atom is 0.405 e. The Bertz CT molecular complexity index is 1350. The van der Waals surface area contributed by atoms with Crippen LogP contribution in [0.2, 0.25) is 0 Å². The van der Waals surface area contributed by atoms with Gasteiger partial charge in [-0.3, -0.25) is 0 Å². The van der Waals surface area contributed by atoms with Crippen molar-refractivity contribution in [3.63, 3.8) is 0 Å². The second-order valence-electron chi connectivity index (χ2n) is 8.57. The average molecular weight is 473 g/mol. The standard InChI is InChI=1S/C27H28N4O4/c1-3-34-21-17-22(35-4-2)30-31-24(19-9-6-5-7-10-19)23(28-25(21)31)18-11-13-20(14-12-18)27(15-8-16-27)29-26(32)33/h5-7,9-14,17,29H,3-4,8,15-16H2,1-2H3,(H,32,33). The zero-order chi connectivity index (χ0) is 24.4. The van der Waals surface area contributed by atoms with Gasteiger partial charge in [0, 0.05) is 17.2 Å². The third kappa shape index (κ3) is 4.16. The van der Waals surface area contributed by atoms with Crippen molar-refractivity contribution in [2.45, 2.75) is 38.6 Å². The van der Waals surface area contributed by atoms with Gasteiger partial charge in [0.05, 0.1) is 24.4 Å². The third-order valence-electron chi connectivity index (χ3n) is 6.43. The summed E-state index contributed by atoms with van der Waals surface area (Å²) in [5, 5.41) is 16.8. The van der Waals surface area contributed by atoms with Crippen LogP contribution in [-0.4, -0.2) is 39.0 Å². The van der Waals surface area contributed by atoms with E-state index in [-0.39, 0.29) is 0 Å². The van der Waals surface area contributed by atoms with Gasteiger partial charge in [-0.15, -0.1) is 5.10 Å². The highest BCUT2D eigenvalue weighted by Gasteiger charge is 2.40. The highest BCUT2D eigenvalue weighted by atomic mass is 16.5. The summed E-state index contributed by atoms with van der Waals surface area (Å²) < 4.78 is 13.4. The Labute approximate surface area is 203 Å². The lowest BCUT2D eigenvalue weighted by Crippen LogP contribution is -2.50. The Hall–Kier alpha value is -4.07. The van der Waals surface area contributed by atoms with Crippen molar-refractivity contribution >= 4 is 11.7 Å². The minimum atomic E-state index is -1.000. The number of benzene rings is 2. The molecule has 2 N–H and O–H groups in total. The van der Waals surface area contributed by atoms with Gasteiger partial charge in [0.2, 0.25) is 5.88 Å². The molecule has 1 aliphatic rings. The van der Waals surface area contributed by atoms with E-state index in [0.717, 1.165) is 47.3 Å². The number of nitrogens with zero attached hydrogens (tertiary/aromatic N) is 3. The van der Waals surface area contributed by atoms with Gasteiger partial charge >= 0.3 is 6.09 Å². The largest absolute Gasteiger partial charge is 0.490 e. The second-order valence-corrected chi connectivity index (χ2v) is 8.57. The summed E-state index contributed by atoms with van der Waals surface area (Å²) in [6, 6.07) is 19.7. The predicted octanol–water partition coefficient (Wildman–Crippen LogP) is 5.51. The number of ether oxygens (including phenoxy) is 2. The molecule has 35 heavy (non-hydrogen) atoms. The summed E-state index contributed by atoms with van der Waals surface area (Å²) in [6.45, 7) is 4.82. The fourth-order valence-electron chi connectivity index (χ4n) is 4.68. The van der Waals surface area contributed by atoms with Crippen molar-refractivity contribution in [3.05, 3.63) is 66.2 Å². The number of hydrogen-bond acceptors (Lipinski definition) is 5. The van der Waals surface area contributed by atoms with E-state index >= 15 is 0 Å². The van der Waals surface area contributed by atoms with Crippen LogP contribution in [0.5, 0.6) is 11.6 Å². The van der Waals surface area contributed by atoms with Crippen molar-refractivity contribution in [1.82, 2.24) is 19.9 Å². The maximum atomic E-state index is 11.4. The minimum Gasteiger partial charge on any atom is -0.490 e. The first-order chi connectivity index (χ1) is 17.0. The first kappa shape index (κ1) is 22.7. The van der Waals surface area contributed by atoms with E-state index in [1.807, 2.05) is 68.4 Å². The van der Waals surface area contributed by atoms with E-state index in [2.05, 4.69) is 5.32 Å². The molecule has 0 radical (unpaired) electrons. The van der Waals surface area contributed by atoms with Crippen LogP contribution < -0.4 is 14.8 Å². The van der Waals surface area contributed by atoms with E-state index in [4.69, 9.17) is 19.6 Å². The van der Waals surface area contributed by atoms with Crippen LogP contribution in [0.15, 0.2) is 60.7 Å². The number of hydrogen-bond donors (Lipinski definition) is 2. The number of rotatable bonds is 8. The highest BCUT2D eigenvalue weighted by molar-refractivity contribution is 5.83. The van der Waals surface area contributed by atoms with E-state index in [1.54, 1.807) is 10.6 Å². The van der Waals surface area contributed by atoms with E-state index < -0.39 is 11.6 Å². The monoisotopic (exact) mass is 472 g/mol. The Morgan fingerprint density at radius 3 is 2.34 bits per heavy atom. The summed E-state index contributed by atoms with van der Waals surface area (Å²) >= 11 is 0. The molecule has 0 spiro atoms. The first-order valence-corrected chi connectivity index (χ1v) is 11.9. The molecule has 8 nitrogen and oxygen atoms in total. The van der Waals surface area contributed by atoms with Crippen molar-refractivity contribution < 1.29 is 19.4 Å². The van der Waals surface area contributed by atoms with Crippen LogP contribution in [0.25, 0.3) is 28.2 Å². The Morgan fingerprint density at radius 1 is 1.03 bits per heavy atom. The molecule has 1 fully saturated rings. The van der Waals surface area contributed by atoms with Crippen LogP contribution >= 0.6 is 0 Å². The lowest BCUT2D eigenvalue weighted by molar-refractivity contribution is 0.144. The molecular weight excluding hydrogens is 444 g/mol. The Kier molecular flexibility index (Phi) is 6.03. The van der Waals surface area contributed by atoms with Gasteiger partial charge in [-0.1, -0.05) is 54.6 Å². The van der Waals surface area contributed by atoms with Crippen LogP contribution in [0.3, 0.4) is 0 Å². The molecule has 2 heterocycles. The summed E-state index contributed by atoms with van der Waals surface area (Å²) in [5.41, 5.74) is 4.52. The molecule has 180 valence electrons. The summed E-state index contributed by atoms with van der Waals surface area (Å²) in [7, 11) is 0. The third-order valence-corrected chi connectivity index (χ3v) is 6.43. The maximum absolute atomic E-state index is 11.4. The first-order valence-electron chi connectivity index (χ1n) is 11.9. The second kappa shape index (κ2) is 9.29. The number of aromatic nitrogens is 3. The number of carbonyl (C=O) groups is 1. The quantitative estimate of drug-likeness (QED) is 0.351. The lowest BCUT2D eigenvalue weighted by atomic mass is 9.72. The molecule has 0 aliphatic heterocycles. The van der Waals surface area contributed by atoms with Gasteiger partial charge in [0.1, 0.15) is 5.69 Å². The molecular formula is C27H28N4O4. The molecule has 0 bridgehead atoms. The topological polar surface area (TPSA) is 98.0 Å². The van der Waals surface area contributed by atoms with Crippen LogP contribution in [-0.2, 0) is 5.54 Å². The number of carboxylic acid groups (broad SMARTS) is 1. The lowest BCUT2D eigenvalue weighted by Gasteiger charge is -2.42. The van der Waals surface area contributed by atoms with Gasteiger partial charge in [0.15, 0.2) is 11.4 Å². The fraction of sp³-hybridized carbons (Fsp3) is 0.296. The van der Waals surface area contributed by atoms with E-state index in [9.17, 15) is 9.90 Å². The molecule has 2 aromatic heterocycles. The van der Waals surface area contributed by atoms with Crippen molar-refractivity contribution in [2.75, 3.05) is 13.2 Å². The van der Waals surface area contributed by atoms with Gasteiger partial charge in [0.25, 0.3) is 0 Å². The zero-order valence-corrected chi connectivity index (χ0v) is 19.8. The summed E-state index contributed by atoms with van der Waals surface area (Å²) in [4.78, 5) is 16.3. The van der Waals surface area contributed by atoms with Gasteiger partial charge in [-0.25, -0.2) is 14.3 Å².